The third kappa shape index (κ3) is 3.10. The molecular weight excluding hydrogens is 314 g/mol. The molecule has 0 fully saturated rings. The second kappa shape index (κ2) is 6.49. The van der Waals surface area contributed by atoms with Crippen molar-refractivity contribution in [3.05, 3.63) is 42.0 Å². The Kier molecular flexibility index (Phi) is 4.24. The van der Waals surface area contributed by atoms with Crippen LogP contribution in [0.5, 0.6) is 23.0 Å². The fourth-order valence-electron chi connectivity index (χ4n) is 2.25. The van der Waals surface area contributed by atoms with Gasteiger partial charge in [0, 0.05) is 6.07 Å². The highest BCUT2D eigenvalue weighted by Crippen LogP contribution is 2.32. The molecule has 0 radical (unpaired) electrons. The van der Waals surface area contributed by atoms with E-state index in [9.17, 15) is 9.59 Å². The van der Waals surface area contributed by atoms with Crippen molar-refractivity contribution in [2.75, 3.05) is 26.1 Å². The first-order valence-corrected chi connectivity index (χ1v) is 7.11. The summed E-state index contributed by atoms with van der Waals surface area (Å²) in [6, 6.07) is 9.49. The molecule has 7 heteroatoms. The van der Waals surface area contributed by atoms with Gasteiger partial charge in [0.25, 0.3) is 5.91 Å². The first kappa shape index (κ1) is 15.7. The van der Waals surface area contributed by atoms with Gasteiger partial charge in [-0.05, 0) is 30.3 Å². The van der Waals surface area contributed by atoms with Crippen molar-refractivity contribution in [3.8, 4) is 23.0 Å². The normalized spacial score (nSPS) is 12.5. The van der Waals surface area contributed by atoms with Crippen molar-refractivity contribution in [1.29, 1.82) is 0 Å². The van der Waals surface area contributed by atoms with Crippen molar-refractivity contribution in [3.63, 3.8) is 0 Å². The maximum atomic E-state index is 12.3. The van der Waals surface area contributed by atoms with E-state index >= 15 is 0 Å². The minimum atomic E-state index is -0.557. The molecule has 1 N–H and O–H groups in total. The Bertz CT molecular complexity index is 802. The van der Waals surface area contributed by atoms with E-state index in [1.165, 1.54) is 26.4 Å². The van der Waals surface area contributed by atoms with E-state index in [4.69, 9.17) is 18.9 Å². The van der Waals surface area contributed by atoms with Gasteiger partial charge in [-0.25, -0.2) is 4.79 Å². The molecule has 1 aliphatic rings. The molecule has 3 rings (SSSR count). The molecule has 0 aromatic heterocycles. The maximum absolute atomic E-state index is 12.3. The molecule has 1 aliphatic heterocycles. The van der Waals surface area contributed by atoms with Gasteiger partial charge in [-0.2, -0.15) is 0 Å². The van der Waals surface area contributed by atoms with Gasteiger partial charge >= 0.3 is 5.97 Å². The fourth-order valence-corrected chi connectivity index (χ4v) is 2.25. The van der Waals surface area contributed by atoms with E-state index in [0.717, 1.165) is 0 Å². The lowest BCUT2D eigenvalue weighted by Gasteiger charge is -2.18. The molecule has 2 aromatic carbocycles. The van der Waals surface area contributed by atoms with Crippen LogP contribution in [0.2, 0.25) is 0 Å². The molecule has 2 aromatic rings. The van der Waals surface area contributed by atoms with Crippen molar-refractivity contribution in [1.82, 2.24) is 0 Å². The van der Waals surface area contributed by atoms with Crippen LogP contribution in [0, 0.1) is 0 Å². The quantitative estimate of drug-likeness (QED) is 0.684. The zero-order chi connectivity index (χ0) is 17.1. The van der Waals surface area contributed by atoms with Crippen molar-refractivity contribution < 1.29 is 28.5 Å². The molecule has 1 heterocycles. The molecule has 124 valence electrons. The molecule has 0 saturated carbocycles. The molecule has 0 saturated heterocycles. The lowest BCUT2D eigenvalue weighted by molar-refractivity contribution is -0.118. The van der Waals surface area contributed by atoms with Crippen molar-refractivity contribution in [2.45, 2.75) is 0 Å². The van der Waals surface area contributed by atoms with Crippen molar-refractivity contribution in [2.24, 2.45) is 0 Å². The minimum absolute atomic E-state index is 0.0300. The van der Waals surface area contributed by atoms with Gasteiger partial charge in [0.05, 0.1) is 25.5 Å². The van der Waals surface area contributed by atoms with Gasteiger partial charge in [0.2, 0.25) is 0 Å². The van der Waals surface area contributed by atoms with Gasteiger partial charge in [0.15, 0.2) is 18.1 Å². The van der Waals surface area contributed by atoms with Crippen LogP contribution in [0.3, 0.4) is 0 Å². The van der Waals surface area contributed by atoms with E-state index in [-0.39, 0.29) is 12.5 Å². The average molecular weight is 329 g/mol. The summed E-state index contributed by atoms with van der Waals surface area (Å²) < 4.78 is 20.9. The summed E-state index contributed by atoms with van der Waals surface area (Å²) in [7, 11) is 3.00. The first-order chi connectivity index (χ1) is 11.6. The zero-order valence-electron chi connectivity index (χ0n) is 13.1. The van der Waals surface area contributed by atoms with Gasteiger partial charge in [-0.15, -0.1) is 0 Å². The number of hydrogen-bond acceptors (Lipinski definition) is 6. The van der Waals surface area contributed by atoms with Gasteiger partial charge < -0.3 is 24.3 Å². The summed E-state index contributed by atoms with van der Waals surface area (Å²) in [5, 5.41) is 2.65. The van der Waals surface area contributed by atoms with E-state index in [2.05, 4.69) is 5.32 Å². The van der Waals surface area contributed by atoms with E-state index < -0.39 is 5.97 Å². The summed E-state index contributed by atoms with van der Waals surface area (Å²) in [6.45, 7) is -0.0300. The number of benzene rings is 2. The number of amides is 1. The highest BCUT2D eigenvalue weighted by molar-refractivity contribution is 5.96. The average Bonchev–Trinajstić information content (AvgIpc) is 2.60. The molecule has 1 amide bonds. The predicted octanol–water partition coefficient (Wildman–Crippen LogP) is 2.25. The summed E-state index contributed by atoms with van der Waals surface area (Å²) >= 11 is 0. The molecule has 24 heavy (non-hydrogen) atoms. The van der Waals surface area contributed by atoms with Crippen LogP contribution in [0.1, 0.15) is 10.4 Å². The number of nitrogens with one attached hydrogen (secondary N) is 1. The van der Waals surface area contributed by atoms with Crippen LogP contribution in [0.4, 0.5) is 5.69 Å². The van der Waals surface area contributed by atoms with Crippen LogP contribution < -0.4 is 24.3 Å². The number of hydrogen-bond donors (Lipinski definition) is 1. The number of ether oxygens (including phenoxy) is 4. The van der Waals surface area contributed by atoms with E-state index in [0.29, 0.717) is 34.2 Å². The van der Waals surface area contributed by atoms with E-state index in [1.807, 2.05) is 0 Å². The fraction of sp³-hybridized carbons (Fsp3) is 0.176. The van der Waals surface area contributed by atoms with Gasteiger partial charge in [-0.1, -0.05) is 0 Å². The number of carbonyl (C=O) groups is 2. The molecule has 0 spiro atoms. The van der Waals surface area contributed by atoms with E-state index in [1.54, 1.807) is 24.3 Å². The predicted molar refractivity (Wildman–Crippen MR) is 85.1 cm³/mol. The molecule has 0 atom stereocenters. The summed E-state index contributed by atoms with van der Waals surface area (Å²) in [4.78, 5) is 23.6. The topological polar surface area (TPSA) is 83.1 Å². The molecule has 7 nitrogen and oxygen atoms in total. The summed E-state index contributed by atoms with van der Waals surface area (Å²) in [6.07, 6.45) is 0. The minimum Gasteiger partial charge on any atom is -0.493 e. The Labute approximate surface area is 138 Å². The van der Waals surface area contributed by atoms with Crippen LogP contribution >= 0.6 is 0 Å². The second-order valence-electron chi connectivity index (χ2n) is 4.95. The first-order valence-electron chi connectivity index (χ1n) is 7.11. The lowest BCUT2D eigenvalue weighted by atomic mass is 10.2. The zero-order valence-corrected chi connectivity index (χ0v) is 13.1. The van der Waals surface area contributed by atoms with Crippen LogP contribution in [0.25, 0.3) is 0 Å². The number of fused-ring (bicyclic) bond motifs is 1. The van der Waals surface area contributed by atoms with Crippen LogP contribution in [-0.2, 0) is 4.79 Å². The Morgan fingerprint density at radius 3 is 2.62 bits per heavy atom. The smallest absolute Gasteiger partial charge is 0.343 e. The Hall–Kier alpha value is -3.22. The highest BCUT2D eigenvalue weighted by Gasteiger charge is 2.18. The Morgan fingerprint density at radius 1 is 1.08 bits per heavy atom. The third-order valence-electron chi connectivity index (χ3n) is 3.41. The summed E-state index contributed by atoms with van der Waals surface area (Å²) in [5.41, 5.74) is 0.773. The molecule has 0 aliphatic carbocycles. The molecule has 0 unspecified atom stereocenters. The number of methoxy groups -OCH3 is 2. The van der Waals surface area contributed by atoms with Crippen LogP contribution in [0.15, 0.2) is 36.4 Å². The second-order valence-corrected chi connectivity index (χ2v) is 4.95. The SMILES string of the molecule is COc1ccc(C(=O)Oc2ccc3c(c2)NC(=O)CO3)cc1OC. The molecule has 0 bridgehead atoms. The number of rotatable bonds is 4. The molecular formula is C17H15NO6. The Balaban J connectivity index is 1.80. The lowest BCUT2D eigenvalue weighted by Crippen LogP contribution is -2.25. The largest absolute Gasteiger partial charge is 0.493 e. The Morgan fingerprint density at radius 2 is 1.88 bits per heavy atom. The van der Waals surface area contributed by atoms with Gasteiger partial charge in [-0.3, -0.25) is 4.79 Å². The summed E-state index contributed by atoms with van der Waals surface area (Å²) in [5.74, 6) is 0.949. The standard InChI is InChI=1S/C17H15NO6/c1-21-14-5-3-10(7-15(14)22-2)17(20)24-11-4-6-13-12(8-11)18-16(19)9-23-13/h3-8H,9H2,1-2H3,(H,18,19). The number of carbonyl (C=O) groups excluding carboxylic acids is 2. The van der Waals surface area contributed by atoms with Crippen LogP contribution in [-0.4, -0.2) is 32.7 Å². The number of anilines is 1. The number of esters is 1. The third-order valence-corrected chi connectivity index (χ3v) is 3.41. The van der Waals surface area contributed by atoms with Crippen molar-refractivity contribution >= 4 is 17.6 Å². The maximum Gasteiger partial charge on any atom is 0.343 e. The monoisotopic (exact) mass is 329 g/mol. The van der Waals surface area contributed by atoms with Gasteiger partial charge in [0.1, 0.15) is 11.5 Å². The highest BCUT2D eigenvalue weighted by atomic mass is 16.5.